The Bertz CT molecular complexity index is 522. The highest BCUT2D eigenvalue weighted by Gasteiger charge is 2.20. The minimum Gasteiger partial charge on any atom is -0.308 e. The van der Waals surface area contributed by atoms with Crippen LogP contribution in [0.3, 0.4) is 0 Å². The molecule has 0 radical (unpaired) electrons. The van der Waals surface area contributed by atoms with Gasteiger partial charge in [-0.3, -0.25) is 0 Å². The average molecular weight is 272 g/mol. The van der Waals surface area contributed by atoms with E-state index >= 15 is 0 Å². The maximum Gasteiger partial charge on any atom is 0.0928 e. The summed E-state index contributed by atoms with van der Waals surface area (Å²) in [5.41, 5.74) is 4.21. The van der Waals surface area contributed by atoms with Gasteiger partial charge in [0.2, 0.25) is 0 Å². The second-order valence-corrected chi connectivity index (χ2v) is 6.18. The van der Waals surface area contributed by atoms with Crippen LogP contribution in [0.2, 0.25) is 0 Å². The Morgan fingerprint density at radius 2 is 2.00 bits per heavy atom. The standard InChI is InChI=1S/C16H20N2S/c1-2-5-16-18-15(11-19-16)10-17-14-8-12-6-3-4-7-13(12)9-14/h3-4,6-7,11,14,17H,2,5,8-10H2,1H3. The molecule has 1 aliphatic rings. The van der Waals surface area contributed by atoms with Crippen LogP contribution >= 0.6 is 11.3 Å². The third-order valence-corrected chi connectivity index (χ3v) is 4.64. The Hall–Kier alpha value is -1.19. The lowest BCUT2D eigenvalue weighted by molar-refractivity contribution is 0.528. The fourth-order valence-corrected chi connectivity index (χ4v) is 3.61. The molecule has 2 aromatic rings. The zero-order valence-corrected chi connectivity index (χ0v) is 12.2. The largest absolute Gasteiger partial charge is 0.308 e. The van der Waals surface area contributed by atoms with E-state index in [0.717, 1.165) is 25.8 Å². The van der Waals surface area contributed by atoms with E-state index in [-0.39, 0.29) is 0 Å². The first-order valence-electron chi connectivity index (χ1n) is 7.08. The molecule has 2 nitrogen and oxygen atoms in total. The van der Waals surface area contributed by atoms with Crippen LogP contribution in [0.25, 0.3) is 0 Å². The molecule has 19 heavy (non-hydrogen) atoms. The second kappa shape index (κ2) is 5.85. The molecule has 3 rings (SSSR count). The number of aryl methyl sites for hydroxylation is 1. The van der Waals surface area contributed by atoms with Crippen LogP contribution in [-0.4, -0.2) is 11.0 Å². The highest BCUT2D eigenvalue weighted by Crippen LogP contribution is 2.22. The lowest BCUT2D eigenvalue weighted by atomic mass is 10.1. The van der Waals surface area contributed by atoms with E-state index in [9.17, 15) is 0 Å². The van der Waals surface area contributed by atoms with E-state index in [4.69, 9.17) is 0 Å². The van der Waals surface area contributed by atoms with Crippen LogP contribution in [0, 0.1) is 0 Å². The molecular formula is C16H20N2S. The van der Waals surface area contributed by atoms with Crippen molar-refractivity contribution in [2.24, 2.45) is 0 Å². The molecule has 0 spiro atoms. The summed E-state index contributed by atoms with van der Waals surface area (Å²) in [5.74, 6) is 0. The van der Waals surface area contributed by atoms with Crippen LogP contribution in [0.4, 0.5) is 0 Å². The first-order valence-corrected chi connectivity index (χ1v) is 7.96. The van der Waals surface area contributed by atoms with Gasteiger partial charge in [0.25, 0.3) is 0 Å². The zero-order chi connectivity index (χ0) is 13.1. The van der Waals surface area contributed by atoms with Gasteiger partial charge in [0.05, 0.1) is 10.7 Å². The van der Waals surface area contributed by atoms with Gasteiger partial charge in [0.1, 0.15) is 0 Å². The quantitative estimate of drug-likeness (QED) is 0.903. The molecule has 0 amide bonds. The van der Waals surface area contributed by atoms with Crippen molar-refractivity contribution in [3.8, 4) is 0 Å². The number of thiazole rings is 1. The molecule has 1 aromatic carbocycles. The van der Waals surface area contributed by atoms with Gasteiger partial charge in [0, 0.05) is 18.0 Å². The Morgan fingerprint density at radius 3 is 2.68 bits per heavy atom. The van der Waals surface area contributed by atoms with Crippen LogP contribution in [-0.2, 0) is 25.8 Å². The summed E-state index contributed by atoms with van der Waals surface area (Å²) in [4.78, 5) is 4.67. The van der Waals surface area contributed by atoms with Crippen LogP contribution in [0.1, 0.15) is 35.2 Å². The molecule has 3 heteroatoms. The topological polar surface area (TPSA) is 24.9 Å². The number of nitrogens with one attached hydrogen (secondary N) is 1. The molecule has 0 fully saturated rings. The maximum absolute atomic E-state index is 4.67. The van der Waals surface area contributed by atoms with Crippen molar-refractivity contribution in [1.29, 1.82) is 0 Å². The minimum absolute atomic E-state index is 0.578. The van der Waals surface area contributed by atoms with Crippen LogP contribution < -0.4 is 5.32 Å². The van der Waals surface area contributed by atoms with Gasteiger partial charge in [-0.2, -0.15) is 0 Å². The van der Waals surface area contributed by atoms with Crippen molar-refractivity contribution in [3.05, 3.63) is 51.5 Å². The minimum atomic E-state index is 0.578. The predicted octanol–water partition coefficient (Wildman–Crippen LogP) is 3.35. The van der Waals surface area contributed by atoms with E-state index in [1.807, 2.05) is 0 Å². The van der Waals surface area contributed by atoms with E-state index in [0.29, 0.717) is 6.04 Å². The Balaban J connectivity index is 1.53. The fraction of sp³-hybridized carbons (Fsp3) is 0.438. The number of fused-ring (bicyclic) bond motifs is 1. The highest BCUT2D eigenvalue weighted by molar-refractivity contribution is 7.09. The Labute approximate surface area is 118 Å². The van der Waals surface area contributed by atoms with Gasteiger partial charge >= 0.3 is 0 Å². The molecule has 1 heterocycles. The Morgan fingerprint density at radius 1 is 1.26 bits per heavy atom. The third kappa shape index (κ3) is 3.04. The molecule has 0 unspecified atom stereocenters. The number of rotatable bonds is 5. The summed E-state index contributed by atoms with van der Waals surface area (Å²) in [6.45, 7) is 3.11. The molecule has 0 saturated heterocycles. The fourth-order valence-electron chi connectivity index (χ4n) is 2.71. The molecule has 100 valence electrons. The summed E-state index contributed by atoms with van der Waals surface area (Å²) in [6.07, 6.45) is 4.60. The van der Waals surface area contributed by atoms with Crippen LogP contribution in [0.5, 0.6) is 0 Å². The summed E-state index contributed by atoms with van der Waals surface area (Å²) >= 11 is 1.79. The lowest BCUT2D eigenvalue weighted by Gasteiger charge is -2.10. The van der Waals surface area contributed by atoms with Gasteiger partial charge in [-0.15, -0.1) is 11.3 Å². The molecular weight excluding hydrogens is 252 g/mol. The monoisotopic (exact) mass is 272 g/mol. The van der Waals surface area contributed by atoms with Crippen molar-refractivity contribution >= 4 is 11.3 Å². The van der Waals surface area contributed by atoms with E-state index in [1.54, 1.807) is 11.3 Å². The number of benzene rings is 1. The number of aromatic nitrogens is 1. The van der Waals surface area contributed by atoms with E-state index < -0.39 is 0 Å². The molecule has 0 bridgehead atoms. The molecule has 0 atom stereocenters. The van der Waals surface area contributed by atoms with Crippen molar-refractivity contribution in [3.63, 3.8) is 0 Å². The van der Waals surface area contributed by atoms with Crippen molar-refractivity contribution < 1.29 is 0 Å². The van der Waals surface area contributed by atoms with Crippen molar-refractivity contribution in [2.45, 2.75) is 45.2 Å². The zero-order valence-electron chi connectivity index (χ0n) is 11.4. The first kappa shape index (κ1) is 12.8. The molecule has 0 saturated carbocycles. The van der Waals surface area contributed by atoms with Crippen molar-refractivity contribution in [2.75, 3.05) is 0 Å². The van der Waals surface area contributed by atoms with Gasteiger partial charge in [0.15, 0.2) is 0 Å². The Kier molecular flexibility index (Phi) is 3.95. The average Bonchev–Trinajstić information content (AvgIpc) is 3.02. The van der Waals surface area contributed by atoms with Crippen molar-refractivity contribution in [1.82, 2.24) is 10.3 Å². The second-order valence-electron chi connectivity index (χ2n) is 5.24. The van der Waals surface area contributed by atoms with Gasteiger partial charge in [-0.05, 0) is 36.8 Å². The van der Waals surface area contributed by atoms with Gasteiger partial charge in [-0.1, -0.05) is 31.2 Å². The van der Waals surface area contributed by atoms with Gasteiger partial charge < -0.3 is 5.32 Å². The maximum atomic E-state index is 4.67. The molecule has 1 aromatic heterocycles. The summed E-state index contributed by atoms with van der Waals surface area (Å²) < 4.78 is 0. The normalized spacial score (nSPS) is 14.8. The van der Waals surface area contributed by atoms with E-state index in [2.05, 4.69) is 46.9 Å². The smallest absolute Gasteiger partial charge is 0.0928 e. The van der Waals surface area contributed by atoms with Gasteiger partial charge in [-0.25, -0.2) is 4.98 Å². The number of nitrogens with zero attached hydrogens (tertiary/aromatic N) is 1. The SMILES string of the molecule is CCCc1nc(CNC2Cc3ccccc3C2)cs1. The summed E-state index contributed by atoms with van der Waals surface area (Å²) in [6, 6.07) is 9.35. The van der Waals surface area contributed by atoms with Crippen LogP contribution in [0.15, 0.2) is 29.6 Å². The van der Waals surface area contributed by atoms with E-state index in [1.165, 1.54) is 28.2 Å². The first-order chi connectivity index (χ1) is 9.35. The lowest BCUT2D eigenvalue weighted by Crippen LogP contribution is -2.29. The predicted molar refractivity (Wildman–Crippen MR) is 80.6 cm³/mol. The third-order valence-electron chi connectivity index (χ3n) is 3.69. The number of hydrogen-bond donors (Lipinski definition) is 1. The summed E-state index contributed by atoms with van der Waals surface area (Å²) in [7, 11) is 0. The highest BCUT2D eigenvalue weighted by atomic mass is 32.1. The molecule has 1 aliphatic carbocycles. The molecule has 1 N–H and O–H groups in total. The number of hydrogen-bond acceptors (Lipinski definition) is 3. The molecule has 0 aliphatic heterocycles. The summed E-state index contributed by atoms with van der Waals surface area (Å²) in [5, 5.41) is 7.11.